The maximum Gasteiger partial charge on any atom is 0.136 e. The molecule has 3 heteroatoms. The molecule has 3 nitrogen and oxygen atoms in total. The fourth-order valence-electron chi connectivity index (χ4n) is 8.26. The highest BCUT2D eigenvalue weighted by atomic mass is 16.3. The molecule has 0 bridgehead atoms. The van der Waals surface area contributed by atoms with Crippen LogP contribution in [0.5, 0.6) is 0 Å². The quantitative estimate of drug-likeness (QED) is 0.192. The standard InChI is InChI=1S/C46H28N2O/c1-2-14-30(15-3-1)47-40-26-25-29-13-4-5-16-31(29)45(40)37-27-36-33-18-7-10-22-39(33)48(41(36)28-42(37)47)38-21-9-6-17-32(38)34-20-12-24-44-46(34)35-19-8-11-23-43(35)49-44/h1-28H. The first-order chi connectivity index (χ1) is 24.3. The Labute approximate surface area is 281 Å². The van der Waals surface area contributed by atoms with Crippen molar-refractivity contribution >= 4 is 76.3 Å². The summed E-state index contributed by atoms with van der Waals surface area (Å²) in [6.07, 6.45) is 0. The third-order valence-electron chi connectivity index (χ3n) is 10.3. The van der Waals surface area contributed by atoms with Crippen LogP contribution in [0.25, 0.3) is 98.8 Å². The molecule has 0 aliphatic carbocycles. The van der Waals surface area contributed by atoms with Gasteiger partial charge in [0, 0.05) is 43.6 Å². The number of benzene rings is 8. The van der Waals surface area contributed by atoms with Gasteiger partial charge in [-0.25, -0.2) is 0 Å². The largest absolute Gasteiger partial charge is 0.456 e. The third kappa shape index (κ3) is 3.67. The van der Waals surface area contributed by atoms with Crippen LogP contribution in [0, 0.1) is 0 Å². The minimum absolute atomic E-state index is 0.900. The van der Waals surface area contributed by atoms with Gasteiger partial charge in [0.05, 0.1) is 27.8 Å². The molecule has 3 aromatic heterocycles. The van der Waals surface area contributed by atoms with Gasteiger partial charge in [-0.15, -0.1) is 0 Å². The van der Waals surface area contributed by atoms with E-state index in [-0.39, 0.29) is 0 Å². The molecule has 0 aliphatic rings. The molecule has 0 unspecified atom stereocenters. The summed E-state index contributed by atoms with van der Waals surface area (Å²) in [5.74, 6) is 0. The molecule has 0 fully saturated rings. The number of rotatable bonds is 3. The average Bonchev–Trinajstić information content (AvgIpc) is 3.81. The van der Waals surface area contributed by atoms with Crippen LogP contribution in [-0.4, -0.2) is 9.13 Å². The van der Waals surface area contributed by atoms with Crippen molar-refractivity contribution in [1.82, 2.24) is 9.13 Å². The monoisotopic (exact) mass is 624 g/mol. The van der Waals surface area contributed by atoms with Crippen molar-refractivity contribution in [2.45, 2.75) is 0 Å². The fourth-order valence-corrected chi connectivity index (χ4v) is 8.26. The topological polar surface area (TPSA) is 23.0 Å². The SMILES string of the molecule is c1ccc(-n2c3cc4c(cc3c3c5ccccc5ccc32)c2ccccc2n4-c2ccccc2-c2cccc3oc4ccccc4c23)cc1. The Hall–Kier alpha value is -6.58. The number of fused-ring (bicyclic) bond motifs is 11. The molecule has 11 aromatic rings. The molecular formula is C46H28N2O. The maximum absolute atomic E-state index is 6.34. The van der Waals surface area contributed by atoms with Gasteiger partial charge < -0.3 is 13.6 Å². The van der Waals surface area contributed by atoms with Crippen LogP contribution >= 0.6 is 0 Å². The number of para-hydroxylation sites is 4. The van der Waals surface area contributed by atoms with Crippen molar-refractivity contribution in [3.63, 3.8) is 0 Å². The lowest BCUT2D eigenvalue weighted by atomic mass is 9.97. The minimum Gasteiger partial charge on any atom is -0.456 e. The van der Waals surface area contributed by atoms with Crippen molar-refractivity contribution in [2.24, 2.45) is 0 Å². The van der Waals surface area contributed by atoms with E-state index in [0.29, 0.717) is 0 Å². The van der Waals surface area contributed by atoms with Gasteiger partial charge in [-0.05, 0) is 70.9 Å². The predicted molar refractivity (Wildman–Crippen MR) is 205 cm³/mol. The first-order valence-corrected chi connectivity index (χ1v) is 16.8. The van der Waals surface area contributed by atoms with Crippen LogP contribution in [0.3, 0.4) is 0 Å². The van der Waals surface area contributed by atoms with Gasteiger partial charge in [-0.2, -0.15) is 0 Å². The van der Waals surface area contributed by atoms with E-state index in [2.05, 4.69) is 173 Å². The Balaban J connectivity index is 1.30. The summed E-state index contributed by atoms with van der Waals surface area (Å²) in [6.45, 7) is 0. The van der Waals surface area contributed by atoms with Gasteiger partial charge in [0.25, 0.3) is 0 Å². The van der Waals surface area contributed by atoms with Crippen molar-refractivity contribution < 1.29 is 4.42 Å². The Morgan fingerprint density at radius 3 is 1.96 bits per heavy atom. The molecule has 0 aliphatic heterocycles. The number of hydrogen-bond donors (Lipinski definition) is 0. The van der Waals surface area contributed by atoms with Gasteiger partial charge >= 0.3 is 0 Å². The predicted octanol–water partition coefficient (Wildman–Crippen LogP) is 12.6. The van der Waals surface area contributed by atoms with Gasteiger partial charge in [0.15, 0.2) is 0 Å². The van der Waals surface area contributed by atoms with Crippen LogP contribution in [0.1, 0.15) is 0 Å². The van der Waals surface area contributed by atoms with E-state index in [0.717, 1.165) is 44.4 Å². The second-order valence-corrected chi connectivity index (χ2v) is 12.9. The molecule has 0 radical (unpaired) electrons. The molecule has 0 amide bonds. The van der Waals surface area contributed by atoms with Crippen LogP contribution in [-0.2, 0) is 0 Å². The van der Waals surface area contributed by atoms with Crippen LogP contribution in [0.15, 0.2) is 174 Å². The maximum atomic E-state index is 6.34. The molecule has 0 spiro atoms. The fraction of sp³-hybridized carbons (Fsp3) is 0. The van der Waals surface area contributed by atoms with Gasteiger partial charge in [0.2, 0.25) is 0 Å². The lowest BCUT2D eigenvalue weighted by Gasteiger charge is -2.15. The van der Waals surface area contributed by atoms with E-state index >= 15 is 0 Å². The zero-order chi connectivity index (χ0) is 32.1. The highest BCUT2D eigenvalue weighted by molar-refractivity contribution is 6.25. The van der Waals surface area contributed by atoms with E-state index in [1.54, 1.807) is 0 Å². The lowest BCUT2D eigenvalue weighted by Crippen LogP contribution is -1.98. The first-order valence-electron chi connectivity index (χ1n) is 16.8. The molecule has 49 heavy (non-hydrogen) atoms. The van der Waals surface area contributed by atoms with Crippen LogP contribution in [0.2, 0.25) is 0 Å². The highest BCUT2D eigenvalue weighted by Gasteiger charge is 2.22. The number of hydrogen-bond acceptors (Lipinski definition) is 1. The normalized spacial score (nSPS) is 12.1. The van der Waals surface area contributed by atoms with Gasteiger partial charge in [-0.1, -0.05) is 115 Å². The number of aromatic nitrogens is 2. The zero-order valence-corrected chi connectivity index (χ0v) is 26.5. The van der Waals surface area contributed by atoms with Crippen molar-refractivity contribution in [3.05, 3.63) is 170 Å². The number of furan rings is 1. The van der Waals surface area contributed by atoms with E-state index in [9.17, 15) is 0 Å². The Morgan fingerprint density at radius 2 is 1.04 bits per heavy atom. The summed E-state index contributed by atoms with van der Waals surface area (Å²) >= 11 is 0. The van der Waals surface area contributed by atoms with Crippen molar-refractivity contribution in [3.8, 4) is 22.5 Å². The molecule has 0 saturated heterocycles. The van der Waals surface area contributed by atoms with Gasteiger partial charge in [-0.3, -0.25) is 0 Å². The minimum atomic E-state index is 0.900. The Morgan fingerprint density at radius 1 is 0.347 bits per heavy atom. The molecule has 0 atom stereocenters. The summed E-state index contributed by atoms with van der Waals surface area (Å²) < 4.78 is 11.2. The summed E-state index contributed by atoms with van der Waals surface area (Å²) in [4.78, 5) is 0. The number of nitrogens with zero attached hydrogens (tertiary/aromatic N) is 2. The summed E-state index contributed by atoms with van der Waals surface area (Å²) in [7, 11) is 0. The molecular weight excluding hydrogens is 597 g/mol. The van der Waals surface area contributed by atoms with Crippen molar-refractivity contribution in [2.75, 3.05) is 0 Å². The van der Waals surface area contributed by atoms with Gasteiger partial charge in [0.1, 0.15) is 11.2 Å². The molecule has 8 aromatic carbocycles. The molecule has 3 heterocycles. The Bertz CT molecular complexity index is 3100. The third-order valence-corrected chi connectivity index (χ3v) is 10.3. The molecule has 0 saturated carbocycles. The second kappa shape index (κ2) is 9.96. The Kier molecular flexibility index (Phi) is 5.38. The summed E-state index contributed by atoms with van der Waals surface area (Å²) in [6, 6.07) is 61.3. The van der Waals surface area contributed by atoms with Crippen LogP contribution < -0.4 is 0 Å². The van der Waals surface area contributed by atoms with Crippen molar-refractivity contribution in [1.29, 1.82) is 0 Å². The van der Waals surface area contributed by atoms with E-state index < -0.39 is 0 Å². The summed E-state index contributed by atoms with van der Waals surface area (Å²) in [5.41, 5.74) is 11.2. The zero-order valence-electron chi connectivity index (χ0n) is 26.5. The average molecular weight is 625 g/mol. The summed E-state index contributed by atoms with van der Waals surface area (Å²) in [5, 5.41) is 9.82. The molecule has 228 valence electrons. The van der Waals surface area contributed by atoms with Crippen LogP contribution in [0.4, 0.5) is 0 Å². The molecule has 11 rings (SSSR count). The van der Waals surface area contributed by atoms with E-state index in [1.807, 2.05) is 6.07 Å². The lowest BCUT2D eigenvalue weighted by molar-refractivity contribution is 0.669. The first kappa shape index (κ1) is 26.5. The van der Waals surface area contributed by atoms with E-state index in [4.69, 9.17) is 4.42 Å². The molecule has 0 N–H and O–H groups in total. The second-order valence-electron chi connectivity index (χ2n) is 12.9. The highest BCUT2D eigenvalue weighted by Crippen LogP contribution is 2.44. The van der Waals surface area contributed by atoms with E-state index in [1.165, 1.54) is 54.4 Å². The smallest absolute Gasteiger partial charge is 0.136 e.